The van der Waals surface area contributed by atoms with Crippen LogP contribution in [0.25, 0.3) is 10.9 Å². The van der Waals surface area contributed by atoms with Crippen molar-refractivity contribution in [3.63, 3.8) is 0 Å². The summed E-state index contributed by atoms with van der Waals surface area (Å²) in [4.78, 5) is 13.1. The number of nitrogens with one attached hydrogen (secondary N) is 1. The van der Waals surface area contributed by atoms with Gasteiger partial charge in [-0.1, -0.05) is 18.2 Å². The van der Waals surface area contributed by atoms with Crippen LogP contribution in [0.1, 0.15) is 18.4 Å². The van der Waals surface area contributed by atoms with Gasteiger partial charge in [-0.2, -0.15) is 0 Å². The van der Waals surface area contributed by atoms with Gasteiger partial charge in [0.15, 0.2) is 0 Å². The maximum atomic E-state index is 10.2. The summed E-state index contributed by atoms with van der Waals surface area (Å²) in [5.74, 6) is 0. The van der Waals surface area contributed by atoms with Crippen molar-refractivity contribution in [2.24, 2.45) is 0 Å². The van der Waals surface area contributed by atoms with Gasteiger partial charge in [-0.25, -0.2) is 0 Å². The van der Waals surface area contributed by atoms with Crippen LogP contribution in [0, 0.1) is 10.1 Å². The normalized spacial score (nSPS) is 10.8. The molecule has 1 heterocycles. The monoisotopic (exact) mass is 218 g/mol. The molecule has 0 atom stereocenters. The molecule has 0 spiro atoms. The van der Waals surface area contributed by atoms with Gasteiger partial charge in [0.25, 0.3) is 0 Å². The van der Waals surface area contributed by atoms with Gasteiger partial charge in [-0.05, 0) is 24.5 Å². The fourth-order valence-corrected chi connectivity index (χ4v) is 1.89. The Bertz CT molecular complexity index is 490. The minimum atomic E-state index is -0.255. The number of para-hydroxylation sites is 1. The lowest BCUT2D eigenvalue weighted by Gasteiger charge is -1.97. The van der Waals surface area contributed by atoms with Crippen LogP contribution in [0.4, 0.5) is 0 Å². The number of fused-ring (bicyclic) bond motifs is 1. The number of benzene rings is 1. The topological polar surface area (TPSA) is 58.9 Å². The number of aryl methyl sites for hydroxylation is 1. The maximum Gasteiger partial charge on any atom is 0.203 e. The highest BCUT2D eigenvalue weighted by Crippen LogP contribution is 2.19. The number of aromatic nitrogens is 1. The highest BCUT2D eigenvalue weighted by Gasteiger charge is 2.03. The van der Waals surface area contributed by atoms with Gasteiger partial charge in [0.1, 0.15) is 0 Å². The zero-order valence-corrected chi connectivity index (χ0v) is 8.98. The Kier molecular flexibility index (Phi) is 3.19. The van der Waals surface area contributed by atoms with Crippen molar-refractivity contribution in [3.05, 3.63) is 46.1 Å². The number of hydrogen-bond acceptors (Lipinski definition) is 2. The van der Waals surface area contributed by atoms with E-state index in [9.17, 15) is 10.1 Å². The first-order chi connectivity index (χ1) is 7.77. The Hall–Kier alpha value is -1.84. The first kappa shape index (κ1) is 10.7. The molecule has 1 aromatic carbocycles. The zero-order chi connectivity index (χ0) is 11.4. The van der Waals surface area contributed by atoms with E-state index < -0.39 is 0 Å². The Morgan fingerprint density at radius 3 is 2.88 bits per heavy atom. The summed E-state index contributed by atoms with van der Waals surface area (Å²) in [6, 6.07) is 8.12. The summed E-state index contributed by atoms with van der Waals surface area (Å²) in [6.07, 6.45) is 4.41. The Morgan fingerprint density at radius 2 is 2.06 bits per heavy atom. The second-order valence-electron chi connectivity index (χ2n) is 3.87. The van der Waals surface area contributed by atoms with Crippen molar-refractivity contribution in [3.8, 4) is 0 Å². The molecule has 0 saturated heterocycles. The Balaban J connectivity index is 1.97. The van der Waals surface area contributed by atoms with E-state index in [1.807, 2.05) is 24.4 Å². The molecule has 16 heavy (non-hydrogen) atoms. The third kappa shape index (κ3) is 2.39. The smallest absolute Gasteiger partial charge is 0.203 e. The SMILES string of the molecule is O=[N+]([O-])CCCCc1c[nH]c2ccccc12. The van der Waals surface area contributed by atoms with Gasteiger partial charge in [-0.15, -0.1) is 0 Å². The van der Waals surface area contributed by atoms with E-state index >= 15 is 0 Å². The quantitative estimate of drug-likeness (QED) is 0.476. The number of rotatable bonds is 5. The van der Waals surface area contributed by atoms with E-state index in [-0.39, 0.29) is 11.5 Å². The van der Waals surface area contributed by atoms with Crippen LogP contribution in [-0.2, 0) is 6.42 Å². The summed E-state index contributed by atoms with van der Waals surface area (Å²) in [7, 11) is 0. The molecule has 0 saturated carbocycles. The zero-order valence-electron chi connectivity index (χ0n) is 8.98. The van der Waals surface area contributed by atoms with Crippen LogP contribution in [-0.4, -0.2) is 16.5 Å². The van der Waals surface area contributed by atoms with Crippen LogP contribution >= 0.6 is 0 Å². The van der Waals surface area contributed by atoms with E-state index in [1.54, 1.807) is 0 Å². The first-order valence-corrected chi connectivity index (χ1v) is 5.44. The lowest BCUT2D eigenvalue weighted by Crippen LogP contribution is -2.00. The van der Waals surface area contributed by atoms with Crippen LogP contribution < -0.4 is 0 Å². The molecule has 0 aliphatic carbocycles. The van der Waals surface area contributed by atoms with Crippen LogP contribution in [0.5, 0.6) is 0 Å². The van der Waals surface area contributed by atoms with Crippen molar-refractivity contribution < 1.29 is 4.92 Å². The molecule has 84 valence electrons. The molecule has 0 amide bonds. The third-order valence-electron chi connectivity index (χ3n) is 2.71. The molecular weight excluding hydrogens is 204 g/mol. The van der Waals surface area contributed by atoms with Gasteiger partial charge < -0.3 is 4.98 Å². The summed E-state index contributed by atoms with van der Waals surface area (Å²) in [5.41, 5.74) is 2.38. The molecule has 2 rings (SSSR count). The van der Waals surface area contributed by atoms with Crippen LogP contribution in [0.2, 0.25) is 0 Å². The van der Waals surface area contributed by atoms with Crippen LogP contribution in [0.3, 0.4) is 0 Å². The molecule has 4 nitrogen and oxygen atoms in total. The van der Waals surface area contributed by atoms with Crippen molar-refractivity contribution in [1.82, 2.24) is 4.98 Å². The third-order valence-corrected chi connectivity index (χ3v) is 2.71. The predicted octanol–water partition coefficient (Wildman–Crippen LogP) is 2.77. The predicted molar refractivity (Wildman–Crippen MR) is 63.1 cm³/mol. The number of unbranched alkanes of at least 4 members (excludes halogenated alkanes) is 1. The van der Waals surface area contributed by atoms with Crippen molar-refractivity contribution in [2.75, 3.05) is 6.54 Å². The minimum Gasteiger partial charge on any atom is -0.361 e. The van der Waals surface area contributed by atoms with Gasteiger partial charge in [-0.3, -0.25) is 10.1 Å². The van der Waals surface area contributed by atoms with Crippen molar-refractivity contribution in [1.29, 1.82) is 0 Å². The summed E-state index contributed by atoms with van der Waals surface area (Å²) >= 11 is 0. The summed E-state index contributed by atoms with van der Waals surface area (Å²) < 4.78 is 0. The molecule has 2 aromatic rings. The fourth-order valence-electron chi connectivity index (χ4n) is 1.89. The average Bonchev–Trinajstić information content (AvgIpc) is 2.68. The van der Waals surface area contributed by atoms with Crippen LogP contribution in [0.15, 0.2) is 30.5 Å². The maximum absolute atomic E-state index is 10.2. The molecule has 0 unspecified atom stereocenters. The Labute approximate surface area is 93.4 Å². The average molecular weight is 218 g/mol. The minimum absolute atomic E-state index is 0.0718. The van der Waals surface area contributed by atoms with Crippen molar-refractivity contribution >= 4 is 10.9 Å². The Morgan fingerprint density at radius 1 is 1.25 bits per heavy atom. The van der Waals surface area contributed by atoms with E-state index in [4.69, 9.17) is 0 Å². The molecule has 0 radical (unpaired) electrons. The number of H-pyrrole nitrogens is 1. The second-order valence-corrected chi connectivity index (χ2v) is 3.87. The fraction of sp³-hybridized carbons (Fsp3) is 0.333. The highest BCUT2D eigenvalue weighted by molar-refractivity contribution is 5.82. The molecule has 0 aliphatic heterocycles. The summed E-state index contributed by atoms with van der Waals surface area (Å²) in [6.45, 7) is 0.0718. The largest absolute Gasteiger partial charge is 0.361 e. The standard InChI is InChI=1S/C12H14N2O2/c15-14(16)8-4-3-5-10-9-13-12-7-2-1-6-11(10)12/h1-2,6-7,9,13H,3-5,8H2. The number of nitrogens with zero attached hydrogens (tertiary/aromatic N) is 1. The van der Waals surface area contributed by atoms with Gasteiger partial charge >= 0.3 is 0 Å². The van der Waals surface area contributed by atoms with E-state index in [2.05, 4.69) is 11.1 Å². The van der Waals surface area contributed by atoms with E-state index in [1.165, 1.54) is 10.9 Å². The molecule has 0 fully saturated rings. The number of hydrogen-bond donors (Lipinski definition) is 1. The lowest BCUT2D eigenvalue weighted by molar-refractivity contribution is -0.480. The summed E-state index contributed by atoms with van der Waals surface area (Å²) in [5, 5.41) is 11.4. The molecule has 1 aromatic heterocycles. The number of aromatic amines is 1. The van der Waals surface area contributed by atoms with Gasteiger partial charge in [0.2, 0.25) is 6.54 Å². The number of nitro groups is 1. The molecule has 4 heteroatoms. The van der Waals surface area contributed by atoms with Gasteiger partial charge in [0, 0.05) is 28.4 Å². The van der Waals surface area contributed by atoms with E-state index in [0.717, 1.165) is 18.4 Å². The van der Waals surface area contributed by atoms with Gasteiger partial charge in [0.05, 0.1) is 0 Å². The first-order valence-electron chi connectivity index (χ1n) is 5.44. The van der Waals surface area contributed by atoms with Crippen molar-refractivity contribution in [2.45, 2.75) is 19.3 Å². The highest BCUT2D eigenvalue weighted by atomic mass is 16.6. The molecule has 0 aliphatic rings. The molecule has 0 bridgehead atoms. The molecule has 1 N–H and O–H groups in total. The lowest BCUT2D eigenvalue weighted by atomic mass is 10.1. The van der Waals surface area contributed by atoms with E-state index in [0.29, 0.717) is 6.42 Å². The molecular formula is C12H14N2O2. The second kappa shape index (κ2) is 4.79.